The fraction of sp³-hybridized carbons (Fsp3) is 0.238. The van der Waals surface area contributed by atoms with Crippen LogP contribution >= 0.6 is 11.6 Å². The number of imidazole rings is 1. The van der Waals surface area contributed by atoms with Crippen LogP contribution in [-0.4, -0.2) is 59.3 Å². The predicted molar refractivity (Wildman–Crippen MR) is 115 cm³/mol. The molecule has 0 saturated carbocycles. The zero-order valence-electron chi connectivity index (χ0n) is 17.0. The number of halogens is 4. The van der Waals surface area contributed by atoms with Gasteiger partial charge in [-0.2, -0.15) is 17.5 Å². The Labute approximate surface area is 193 Å². The number of hydrogen-bond donors (Lipinski definition) is 0. The van der Waals surface area contributed by atoms with Gasteiger partial charge in [0.05, 0.1) is 23.1 Å². The lowest BCUT2D eigenvalue weighted by molar-refractivity contribution is -0.137. The molecule has 174 valence electrons. The van der Waals surface area contributed by atoms with Crippen LogP contribution in [-0.2, 0) is 16.2 Å². The van der Waals surface area contributed by atoms with Gasteiger partial charge in [-0.05, 0) is 30.3 Å². The summed E-state index contributed by atoms with van der Waals surface area (Å²) >= 11 is 5.92. The van der Waals surface area contributed by atoms with E-state index in [4.69, 9.17) is 11.6 Å². The zero-order valence-corrected chi connectivity index (χ0v) is 18.6. The fourth-order valence-corrected chi connectivity index (χ4v) is 5.48. The topological polar surface area (TPSA) is 75.5 Å². The molecule has 0 bridgehead atoms. The summed E-state index contributed by atoms with van der Waals surface area (Å²) in [7, 11) is -4.28. The van der Waals surface area contributed by atoms with Crippen molar-refractivity contribution in [2.75, 3.05) is 26.2 Å². The van der Waals surface area contributed by atoms with Crippen LogP contribution in [0.1, 0.15) is 16.1 Å². The monoisotopic (exact) mass is 498 g/mol. The minimum Gasteiger partial charge on any atom is -0.335 e. The molecule has 1 amide bonds. The van der Waals surface area contributed by atoms with Gasteiger partial charge in [-0.1, -0.05) is 29.8 Å². The van der Waals surface area contributed by atoms with Gasteiger partial charge in [0.25, 0.3) is 5.91 Å². The maximum Gasteiger partial charge on any atom is 0.416 e. The average Bonchev–Trinajstić information content (AvgIpc) is 3.28. The summed E-state index contributed by atoms with van der Waals surface area (Å²) in [5.74, 6) is -0.328. The van der Waals surface area contributed by atoms with Crippen molar-refractivity contribution in [3.63, 3.8) is 0 Å². The van der Waals surface area contributed by atoms with E-state index >= 15 is 0 Å². The first-order chi connectivity index (χ1) is 15.6. The molecule has 2 aromatic carbocycles. The Morgan fingerprint density at radius 1 is 1.00 bits per heavy atom. The first kappa shape index (κ1) is 23.3. The second kappa shape index (κ2) is 8.81. The van der Waals surface area contributed by atoms with Crippen LogP contribution in [0.2, 0.25) is 5.02 Å². The van der Waals surface area contributed by atoms with Gasteiger partial charge in [-0.15, -0.1) is 0 Å². The van der Waals surface area contributed by atoms with Gasteiger partial charge in [-0.25, -0.2) is 13.4 Å². The van der Waals surface area contributed by atoms with Gasteiger partial charge in [0, 0.05) is 31.9 Å². The molecule has 1 aliphatic heterocycles. The van der Waals surface area contributed by atoms with E-state index in [-0.39, 0.29) is 37.1 Å². The average molecular weight is 499 g/mol. The number of hydrogen-bond acceptors (Lipinski definition) is 4. The highest BCUT2D eigenvalue weighted by Crippen LogP contribution is 2.34. The Morgan fingerprint density at radius 3 is 2.30 bits per heavy atom. The van der Waals surface area contributed by atoms with Crippen LogP contribution in [0.15, 0.2) is 66.0 Å². The lowest BCUT2D eigenvalue weighted by atomic mass is 10.2. The summed E-state index contributed by atoms with van der Waals surface area (Å²) in [6.45, 7) is -0.0382. The normalized spacial score (nSPS) is 15.6. The van der Waals surface area contributed by atoms with E-state index < -0.39 is 26.7 Å². The van der Waals surface area contributed by atoms with Gasteiger partial charge in [0.1, 0.15) is 10.6 Å². The van der Waals surface area contributed by atoms with Crippen LogP contribution < -0.4 is 0 Å². The second-order valence-corrected chi connectivity index (χ2v) is 9.64. The van der Waals surface area contributed by atoms with Crippen LogP contribution in [0.4, 0.5) is 13.2 Å². The zero-order chi connectivity index (χ0) is 23.8. The Hall–Kier alpha value is -2.89. The number of sulfonamides is 1. The predicted octanol–water partition coefficient (Wildman–Crippen LogP) is 3.69. The molecule has 0 spiro atoms. The van der Waals surface area contributed by atoms with Gasteiger partial charge in [0.2, 0.25) is 10.0 Å². The molecule has 0 N–H and O–H groups in total. The van der Waals surface area contributed by atoms with E-state index in [1.54, 1.807) is 4.57 Å². The molecule has 1 saturated heterocycles. The summed E-state index contributed by atoms with van der Waals surface area (Å²) < 4.78 is 67.8. The molecule has 7 nitrogen and oxygen atoms in total. The summed E-state index contributed by atoms with van der Waals surface area (Å²) in [5.41, 5.74) is -0.0364. The molecule has 3 aromatic rings. The third-order valence-corrected chi connectivity index (χ3v) is 7.67. The number of amides is 1. The number of carbonyl (C=O) groups excluding carboxylic acids is 1. The van der Waals surface area contributed by atoms with Crippen molar-refractivity contribution < 1.29 is 26.4 Å². The molecule has 4 rings (SSSR count). The number of alkyl halides is 3. The van der Waals surface area contributed by atoms with E-state index in [1.165, 1.54) is 17.4 Å². The number of benzene rings is 2. The Morgan fingerprint density at radius 2 is 1.67 bits per heavy atom. The standard InChI is InChI=1S/C21H18ClF3N4O3S/c22-17-7-6-15(21(23,24)25)12-19(17)33(31,32)28-10-8-27(9-11-28)20(30)18-13-26-14-29(18)16-4-2-1-3-5-16/h1-7,12-14H,8-11H2. The highest BCUT2D eigenvalue weighted by Gasteiger charge is 2.36. The van der Waals surface area contributed by atoms with Crippen molar-refractivity contribution in [3.05, 3.63) is 77.3 Å². The number of piperazine rings is 1. The third-order valence-electron chi connectivity index (χ3n) is 5.29. The Balaban J connectivity index is 1.51. The Bertz CT molecular complexity index is 1270. The lowest BCUT2D eigenvalue weighted by Gasteiger charge is -2.34. The SMILES string of the molecule is O=C(c1cncn1-c1ccccc1)N1CCN(S(=O)(=O)c2cc(C(F)(F)F)ccc2Cl)CC1. The van der Waals surface area contributed by atoms with E-state index in [9.17, 15) is 26.4 Å². The van der Waals surface area contributed by atoms with Gasteiger partial charge in [0.15, 0.2) is 0 Å². The highest BCUT2D eigenvalue weighted by atomic mass is 35.5. The molecule has 33 heavy (non-hydrogen) atoms. The second-order valence-electron chi connectivity index (χ2n) is 7.32. The van der Waals surface area contributed by atoms with Gasteiger partial charge in [-0.3, -0.25) is 9.36 Å². The molecule has 12 heteroatoms. The molecular formula is C21H18ClF3N4O3S. The maximum absolute atomic E-state index is 13.1. The van der Waals surface area contributed by atoms with E-state index in [2.05, 4.69) is 4.98 Å². The number of nitrogens with zero attached hydrogens (tertiary/aromatic N) is 4. The smallest absolute Gasteiger partial charge is 0.335 e. The summed E-state index contributed by atoms with van der Waals surface area (Å²) in [6, 6.07) is 11.3. The van der Waals surface area contributed by atoms with E-state index in [0.717, 1.165) is 22.1 Å². The number of carbonyl (C=O) groups is 1. The van der Waals surface area contributed by atoms with E-state index in [1.807, 2.05) is 30.3 Å². The maximum atomic E-state index is 13.1. The number of rotatable bonds is 4. The van der Waals surface area contributed by atoms with Crippen LogP contribution in [0.5, 0.6) is 0 Å². The Kier molecular flexibility index (Phi) is 6.21. The van der Waals surface area contributed by atoms with Gasteiger partial charge < -0.3 is 4.90 Å². The van der Waals surface area contributed by atoms with Crippen molar-refractivity contribution in [1.82, 2.24) is 18.8 Å². The van der Waals surface area contributed by atoms with Crippen molar-refractivity contribution in [2.45, 2.75) is 11.1 Å². The summed E-state index contributed by atoms with van der Waals surface area (Å²) in [6.07, 6.45) is -1.76. The first-order valence-corrected chi connectivity index (χ1v) is 11.6. The molecule has 1 aliphatic rings. The molecule has 0 aliphatic carbocycles. The fourth-order valence-electron chi connectivity index (χ4n) is 3.56. The van der Waals surface area contributed by atoms with Gasteiger partial charge >= 0.3 is 6.18 Å². The van der Waals surface area contributed by atoms with Crippen LogP contribution in [0, 0.1) is 0 Å². The lowest BCUT2D eigenvalue weighted by Crippen LogP contribution is -2.50. The highest BCUT2D eigenvalue weighted by molar-refractivity contribution is 7.89. The minimum atomic E-state index is -4.71. The molecule has 0 atom stereocenters. The molecule has 0 radical (unpaired) electrons. The molecular weight excluding hydrogens is 481 g/mol. The minimum absolute atomic E-state index is 0.0641. The quantitative estimate of drug-likeness (QED) is 0.550. The molecule has 1 aromatic heterocycles. The number of aromatic nitrogens is 2. The van der Waals surface area contributed by atoms with Crippen LogP contribution in [0.3, 0.4) is 0 Å². The largest absolute Gasteiger partial charge is 0.416 e. The molecule has 1 fully saturated rings. The third kappa shape index (κ3) is 4.61. The summed E-state index contributed by atoms with van der Waals surface area (Å²) in [4.78, 5) is 18.0. The van der Waals surface area contributed by atoms with Crippen LogP contribution in [0.25, 0.3) is 5.69 Å². The molecule has 2 heterocycles. The number of para-hydroxylation sites is 1. The van der Waals surface area contributed by atoms with Crippen molar-refractivity contribution in [3.8, 4) is 5.69 Å². The van der Waals surface area contributed by atoms with Crippen molar-refractivity contribution >= 4 is 27.5 Å². The first-order valence-electron chi connectivity index (χ1n) is 9.83. The van der Waals surface area contributed by atoms with Crippen molar-refractivity contribution in [1.29, 1.82) is 0 Å². The summed E-state index contributed by atoms with van der Waals surface area (Å²) in [5, 5.41) is -0.298. The van der Waals surface area contributed by atoms with E-state index in [0.29, 0.717) is 11.8 Å². The van der Waals surface area contributed by atoms with Crippen molar-refractivity contribution in [2.24, 2.45) is 0 Å². The molecule has 0 unspecified atom stereocenters.